The molecule has 16 heavy (non-hydrogen) atoms. The van der Waals surface area contributed by atoms with Crippen molar-refractivity contribution in [2.24, 2.45) is 9.98 Å². The average Bonchev–Trinajstić information content (AvgIpc) is 2.40. The predicted octanol–water partition coefficient (Wildman–Crippen LogP) is 2.19. The molecule has 2 aliphatic rings. The molecule has 0 aromatic carbocycles. The summed E-state index contributed by atoms with van der Waals surface area (Å²) in [5, 5.41) is 1.01. The Morgan fingerprint density at radius 1 is 1.19 bits per heavy atom. The number of hydrogen-bond donors (Lipinski definition) is 0. The second kappa shape index (κ2) is 5.17. The third kappa shape index (κ3) is 2.75. The highest BCUT2D eigenvalue weighted by molar-refractivity contribution is 6.66. The minimum absolute atomic E-state index is 0.487. The Morgan fingerprint density at radius 2 is 1.88 bits per heavy atom. The van der Waals surface area contributed by atoms with Gasteiger partial charge in [-0.15, -0.1) is 0 Å². The van der Waals surface area contributed by atoms with Crippen LogP contribution in [0, 0.1) is 0 Å². The van der Waals surface area contributed by atoms with Crippen LogP contribution in [0.2, 0.25) is 0 Å². The molecular formula is C10H13Cl2N3O. The molecule has 0 saturated carbocycles. The highest BCUT2D eigenvalue weighted by atomic mass is 35.5. The summed E-state index contributed by atoms with van der Waals surface area (Å²) in [6.07, 6.45) is 0.567. The first-order valence-electron chi connectivity index (χ1n) is 5.16. The van der Waals surface area contributed by atoms with Crippen molar-refractivity contribution in [1.82, 2.24) is 4.90 Å². The molecular weight excluding hydrogens is 249 g/mol. The van der Waals surface area contributed by atoms with E-state index in [1.54, 1.807) is 0 Å². The molecule has 0 atom stereocenters. The van der Waals surface area contributed by atoms with Crippen LogP contribution < -0.4 is 0 Å². The van der Waals surface area contributed by atoms with E-state index in [9.17, 15) is 0 Å². The van der Waals surface area contributed by atoms with Gasteiger partial charge in [0.15, 0.2) is 0 Å². The molecule has 0 aromatic heterocycles. The molecule has 0 aromatic rings. The molecule has 0 unspecified atom stereocenters. The van der Waals surface area contributed by atoms with Crippen molar-refractivity contribution < 1.29 is 4.74 Å². The Labute approximate surface area is 105 Å². The maximum Gasteiger partial charge on any atom is 0.228 e. The minimum Gasteiger partial charge on any atom is -0.378 e. The molecule has 0 bridgehead atoms. The van der Waals surface area contributed by atoms with Gasteiger partial charge in [-0.05, 0) is 12.5 Å². The molecule has 2 aliphatic heterocycles. The van der Waals surface area contributed by atoms with Gasteiger partial charge in [0.05, 0.1) is 13.2 Å². The number of rotatable bonds is 0. The lowest BCUT2D eigenvalue weighted by molar-refractivity contribution is 0.0676. The van der Waals surface area contributed by atoms with Crippen LogP contribution in [0.5, 0.6) is 0 Å². The minimum atomic E-state index is 0.487. The molecule has 0 N–H and O–H groups in total. The topological polar surface area (TPSA) is 37.2 Å². The van der Waals surface area contributed by atoms with Crippen LogP contribution >= 0.6 is 23.2 Å². The first kappa shape index (κ1) is 11.9. The number of nitrogens with zero attached hydrogens (tertiary/aromatic N) is 3. The van der Waals surface area contributed by atoms with E-state index in [1.807, 2.05) is 11.8 Å². The molecule has 0 spiro atoms. The van der Waals surface area contributed by atoms with Crippen LogP contribution in [0.25, 0.3) is 0 Å². The van der Waals surface area contributed by atoms with Gasteiger partial charge >= 0.3 is 0 Å². The van der Waals surface area contributed by atoms with Crippen LogP contribution in [0.4, 0.5) is 0 Å². The van der Waals surface area contributed by atoms with Crippen LogP contribution in [0.3, 0.4) is 0 Å². The second-order valence-corrected chi connectivity index (χ2v) is 4.54. The predicted molar refractivity (Wildman–Crippen MR) is 66.3 cm³/mol. The zero-order valence-corrected chi connectivity index (χ0v) is 10.6. The Balaban J connectivity index is 2.24. The van der Waals surface area contributed by atoms with Crippen molar-refractivity contribution in [3.05, 3.63) is 10.7 Å². The highest BCUT2D eigenvalue weighted by Gasteiger charge is 2.18. The molecule has 0 aliphatic carbocycles. The number of hydrogen-bond acceptors (Lipinski definition) is 4. The normalized spacial score (nSPS) is 22.8. The number of halogens is 2. The molecule has 4 nitrogen and oxygen atoms in total. The third-order valence-electron chi connectivity index (χ3n) is 2.48. The number of aliphatic imine (C=N–C) groups is 2. The summed E-state index contributed by atoms with van der Waals surface area (Å²) in [6.45, 7) is 4.83. The summed E-state index contributed by atoms with van der Waals surface area (Å²) in [6, 6.07) is 0. The van der Waals surface area contributed by atoms with Crippen LogP contribution in [0.1, 0.15) is 13.3 Å². The Hall–Kier alpha value is -0.580. The van der Waals surface area contributed by atoms with E-state index in [4.69, 9.17) is 27.9 Å². The van der Waals surface area contributed by atoms with Gasteiger partial charge in [-0.2, -0.15) is 0 Å². The summed E-state index contributed by atoms with van der Waals surface area (Å²) < 4.78 is 5.27. The van der Waals surface area contributed by atoms with Crippen LogP contribution in [-0.4, -0.2) is 42.3 Å². The summed E-state index contributed by atoms with van der Waals surface area (Å²) >= 11 is 12.1. The van der Waals surface area contributed by atoms with Gasteiger partial charge in [0.25, 0.3) is 0 Å². The Morgan fingerprint density at radius 3 is 2.56 bits per heavy atom. The van der Waals surface area contributed by atoms with Gasteiger partial charge in [0, 0.05) is 19.5 Å². The zero-order chi connectivity index (χ0) is 11.5. The summed E-state index contributed by atoms with van der Waals surface area (Å²) in [4.78, 5) is 10.6. The van der Waals surface area contributed by atoms with Crippen LogP contribution in [0.15, 0.2) is 20.7 Å². The number of morpholine rings is 1. The standard InChI is InChI=1S/C10H13Cl2N3O/c1-7-6-8(11)13-10(14-9(7)12)15-2-4-16-5-3-15/h2-6H2,1H3. The summed E-state index contributed by atoms with van der Waals surface area (Å²) in [5.74, 6) is 0.593. The lowest BCUT2D eigenvalue weighted by atomic mass is 10.2. The largest absolute Gasteiger partial charge is 0.378 e. The molecule has 1 saturated heterocycles. The van der Waals surface area contributed by atoms with Gasteiger partial charge in [0.1, 0.15) is 10.3 Å². The second-order valence-electron chi connectivity index (χ2n) is 3.75. The quantitative estimate of drug-likeness (QED) is 0.627. The van der Waals surface area contributed by atoms with Crippen molar-refractivity contribution in [2.75, 3.05) is 26.3 Å². The van der Waals surface area contributed by atoms with Crippen molar-refractivity contribution in [3.63, 3.8) is 0 Å². The van der Waals surface area contributed by atoms with Gasteiger partial charge in [-0.25, -0.2) is 9.98 Å². The van der Waals surface area contributed by atoms with E-state index >= 15 is 0 Å². The van der Waals surface area contributed by atoms with Crippen molar-refractivity contribution >= 4 is 34.3 Å². The fraction of sp³-hybridized carbons (Fsp3) is 0.600. The fourth-order valence-electron chi connectivity index (χ4n) is 1.55. The highest BCUT2D eigenvalue weighted by Crippen LogP contribution is 2.20. The molecule has 88 valence electrons. The van der Waals surface area contributed by atoms with E-state index < -0.39 is 0 Å². The SMILES string of the molecule is CC1=C(Cl)N=C(N2CCOCC2)N=C(Cl)C1. The average molecular weight is 262 g/mol. The number of ether oxygens (including phenoxy) is 1. The smallest absolute Gasteiger partial charge is 0.228 e. The van der Waals surface area contributed by atoms with E-state index in [1.165, 1.54) is 0 Å². The maximum absolute atomic E-state index is 6.05. The maximum atomic E-state index is 6.05. The Bertz CT molecular complexity index is 370. The molecule has 0 amide bonds. The van der Waals surface area contributed by atoms with Gasteiger partial charge in [0.2, 0.25) is 5.96 Å². The zero-order valence-electron chi connectivity index (χ0n) is 9.04. The molecule has 2 rings (SSSR count). The van der Waals surface area contributed by atoms with E-state index in [0.717, 1.165) is 18.7 Å². The molecule has 0 radical (unpaired) electrons. The molecule has 2 heterocycles. The van der Waals surface area contributed by atoms with Crippen molar-refractivity contribution in [2.45, 2.75) is 13.3 Å². The lowest BCUT2D eigenvalue weighted by Crippen LogP contribution is -2.40. The van der Waals surface area contributed by atoms with Crippen LogP contribution in [-0.2, 0) is 4.74 Å². The molecule has 6 heteroatoms. The summed E-state index contributed by atoms with van der Waals surface area (Å²) in [7, 11) is 0. The van der Waals surface area contributed by atoms with Gasteiger partial charge in [-0.1, -0.05) is 23.2 Å². The Kier molecular flexibility index (Phi) is 3.84. The molecule has 1 fully saturated rings. The summed E-state index contributed by atoms with van der Waals surface area (Å²) in [5.41, 5.74) is 0.943. The fourth-order valence-corrected chi connectivity index (χ4v) is 1.97. The monoisotopic (exact) mass is 261 g/mol. The van der Waals surface area contributed by atoms with E-state index in [2.05, 4.69) is 9.98 Å². The first-order chi connectivity index (χ1) is 7.66. The lowest BCUT2D eigenvalue weighted by Gasteiger charge is -2.27. The number of allylic oxidation sites excluding steroid dienone is 1. The van der Waals surface area contributed by atoms with E-state index in [0.29, 0.717) is 35.9 Å². The van der Waals surface area contributed by atoms with Crippen molar-refractivity contribution in [3.8, 4) is 0 Å². The third-order valence-corrected chi connectivity index (χ3v) is 3.10. The number of guanidine groups is 1. The van der Waals surface area contributed by atoms with Gasteiger partial charge in [-0.3, -0.25) is 0 Å². The van der Waals surface area contributed by atoms with Crippen molar-refractivity contribution in [1.29, 1.82) is 0 Å². The van der Waals surface area contributed by atoms with E-state index in [-0.39, 0.29) is 0 Å². The van der Waals surface area contributed by atoms with Gasteiger partial charge < -0.3 is 9.64 Å². The first-order valence-corrected chi connectivity index (χ1v) is 5.92.